The monoisotopic (exact) mass is 491 g/mol. The van der Waals surface area contributed by atoms with Gasteiger partial charge in [-0.1, -0.05) is 0 Å². The molecule has 10 heteroatoms. The number of rotatable bonds is 7. The highest BCUT2D eigenvalue weighted by molar-refractivity contribution is 5.79. The molecule has 0 saturated heterocycles. The Morgan fingerprint density at radius 3 is 2.54 bits per heavy atom. The number of benzene rings is 1. The van der Waals surface area contributed by atoms with Crippen molar-refractivity contribution < 1.29 is 4.74 Å². The molecule has 0 radical (unpaired) electrons. The SMILES string of the molecule is Cc1cc(/C=C/C#N)cc(C)c1Oc1nc(NC23CC(C#N)(C2)C3)nc2c1nc(C)n2Cc1cn[nH]c1. The molecule has 3 aromatic heterocycles. The van der Waals surface area contributed by atoms with Crippen LogP contribution in [0.3, 0.4) is 0 Å². The minimum absolute atomic E-state index is 0.133. The Labute approximate surface area is 213 Å². The molecule has 37 heavy (non-hydrogen) atoms. The van der Waals surface area contributed by atoms with E-state index in [2.05, 4.69) is 21.6 Å². The van der Waals surface area contributed by atoms with Crippen molar-refractivity contribution in [2.45, 2.75) is 52.1 Å². The predicted octanol–water partition coefficient (Wildman–Crippen LogP) is 4.71. The zero-order valence-electron chi connectivity index (χ0n) is 20.8. The summed E-state index contributed by atoms with van der Waals surface area (Å²) >= 11 is 0. The summed E-state index contributed by atoms with van der Waals surface area (Å²) in [4.78, 5) is 14.4. The van der Waals surface area contributed by atoms with Crippen LogP contribution in [-0.4, -0.2) is 35.3 Å². The van der Waals surface area contributed by atoms with Gasteiger partial charge in [-0.25, -0.2) is 4.98 Å². The van der Waals surface area contributed by atoms with Crippen molar-refractivity contribution in [2.75, 3.05) is 5.32 Å². The first-order valence-electron chi connectivity index (χ1n) is 12.1. The van der Waals surface area contributed by atoms with Crippen LogP contribution in [0.2, 0.25) is 0 Å². The maximum atomic E-state index is 9.43. The fraction of sp³-hybridized carbons (Fsp3) is 0.333. The van der Waals surface area contributed by atoms with Gasteiger partial charge in [0.25, 0.3) is 5.88 Å². The number of anilines is 1. The lowest BCUT2D eigenvalue weighted by Crippen LogP contribution is -2.70. The summed E-state index contributed by atoms with van der Waals surface area (Å²) < 4.78 is 8.47. The van der Waals surface area contributed by atoms with Crippen LogP contribution in [0.15, 0.2) is 30.6 Å². The first-order chi connectivity index (χ1) is 17.8. The fourth-order valence-electron chi connectivity index (χ4n) is 5.69. The van der Waals surface area contributed by atoms with Gasteiger partial charge in [0.1, 0.15) is 11.6 Å². The Balaban J connectivity index is 1.42. The van der Waals surface area contributed by atoms with Gasteiger partial charge in [-0.2, -0.15) is 25.6 Å². The molecule has 0 spiro atoms. The maximum Gasteiger partial charge on any atom is 0.252 e. The van der Waals surface area contributed by atoms with Gasteiger partial charge in [0.15, 0.2) is 11.2 Å². The number of fused-ring (bicyclic) bond motifs is 1. The zero-order chi connectivity index (χ0) is 25.8. The van der Waals surface area contributed by atoms with Crippen molar-refractivity contribution in [1.82, 2.24) is 29.7 Å². The molecule has 1 aromatic carbocycles. The second kappa shape index (κ2) is 8.17. The van der Waals surface area contributed by atoms with Crippen LogP contribution < -0.4 is 10.1 Å². The van der Waals surface area contributed by atoms with E-state index in [9.17, 15) is 5.26 Å². The van der Waals surface area contributed by atoms with E-state index in [1.165, 1.54) is 6.08 Å². The number of ether oxygens (including phenoxy) is 1. The summed E-state index contributed by atoms with van der Waals surface area (Å²) in [6.45, 7) is 6.42. The van der Waals surface area contributed by atoms with Crippen LogP contribution in [0.25, 0.3) is 17.2 Å². The Hall–Kier alpha value is -4.70. The van der Waals surface area contributed by atoms with Gasteiger partial charge in [-0.15, -0.1) is 0 Å². The van der Waals surface area contributed by atoms with Gasteiger partial charge in [-0.3, -0.25) is 5.10 Å². The minimum Gasteiger partial charge on any atom is -0.436 e. The molecule has 3 aliphatic rings. The molecule has 0 amide bonds. The summed E-state index contributed by atoms with van der Waals surface area (Å²) in [5.74, 6) is 2.31. The summed E-state index contributed by atoms with van der Waals surface area (Å²) in [5, 5.41) is 28.7. The number of allylic oxidation sites excluding steroid dienone is 1. The summed E-state index contributed by atoms with van der Waals surface area (Å²) in [5.41, 5.74) is 4.68. The molecule has 2 bridgehead atoms. The highest BCUT2D eigenvalue weighted by Crippen LogP contribution is 2.67. The number of nitrogens with one attached hydrogen (secondary N) is 2. The van der Waals surface area contributed by atoms with Gasteiger partial charge >= 0.3 is 0 Å². The average molecular weight is 492 g/mol. The van der Waals surface area contributed by atoms with Crippen molar-refractivity contribution >= 4 is 23.2 Å². The second-order valence-electron chi connectivity index (χ2n) is 10.3. The Morgan fingerprint density at radius 2 is 1.89 bits per heavy atom. The average Bonchev–Trinajstić information content (AvgIpc) is 3.45. The Bertz CT molecular complexity index is 1610. The number of aromatic amines is 1. The first kappa shape index (κ1) is 22.7. The first-order valence-corrected chi connectivity index (χ1v) is 12.1. The molecule has 2 N–H and O–H groups in total. The van der Waals surface area contributed by atoms with Crippen molar-refractivity contribution in [3.8, 4) is 23.8 Å². The molecule has 3 heterocycles. The van der Waals surface area contributed by atoms with Crippen molar-refractivity contribution in [3.63, 3.8) is 0 Å². The second-order valence-corrected chi connectivity index (χ2v) is 10.3. The van der Waals surface area contributed by atoms with E-state index >= 15 is 0 Å². The molecule has 10 nitrogen and oxygen atoms in total. The van der Waals surface area contributed by atoms with Crippen molar-refractivity contribution in [2.24, 2.45) is 5.41 Å². The zero-order valence-corrected chi connectivity index (χ0v) is 20.8. The molecule has 184 valence electrons. The molecule has 3 saturated carbocycles. The molecular weight excluding hydrogens is 466 g/mol. The number of imidazole rings is 1. The highest BCUT2D eigenvalue weighted by Gasteiger charge is 2.69. The highest BCUT2D eigenvalue weighted by atomic mass is 16.5. The van der Waals surface area contributed by atoms with Crippen LogP contribution in [0, 0.1) is 48.8 Å². The largest absolute Gasteiger partial charge is 0.436 e. The third-order valence-corrected chi connectivity index (χ3v) is 7.33. The smallest absolute Gasteiger partial charge is 0.252 e. The van der Waals surface area contributed by atoms with Gasteiger partial charge < -0.3 is 14.6 Å². The molecule has 0 atom stereocenters. The Morgan fingerprint density at radius 1 is 1.14 bits per heavy atom. The number of aromatic nitrogens is 6. The number of nitrogens with zero attached hydrogens (tertiary/aromatic N) is 7. The van der Waals surface area contributed by atoms with Gasteiger partial charge in [0.2, 0.25) is 5.95 Å². The maximum absolute atomic E-state index is 9.43. The number of hydrogen-bond donors (Lipinski definition) is 2. The Kier molecular flexibility index (Phi) is 5.02. The van der Waals surface area contributed by atoms with Crippen LogP contribution in [0.4, 0.5) is 5.95 Å². The van der Waals surface area contributed by atoms with E-state index in [4.69, 9.17) is 25.0 Å². The van der Waals surface area contributed by atoms with E-state index in [-0.39, 0.29) is 11.0 Å². The number of nitriles is 2. The molecular formula is C27H25N9O. The summed E-state index contributed by atoms with van der Waals surface area (Å²) in [6, 6.07) is 8.41. The molecule has 0 aliphatic heterocycles. The van der Waals surface area contributed by atoms with Gasteiger partial charge in [0.05, 0.1) is 30.3 Å². The molecule has 0 unspecified atom stereocenters. The number of aryl methyl sites for hydroxylation is 3. The van der Waals surface area contributed by atoms with Crippen molar-refractivity contribution in [3.05, 3.63) is 58.7 Å². The van der Waals surface area contributed by atoms with E-state index in [0.717, 1.165) is 47.3 Å². The van der Waals surface area contributed by atoms with Crippen LogP contribution in [0.1, 0.15) is 47.3 Å². The number of H-pyrrole nitrogens is 1. The van der Waals surface area contributed by atoms with E-state index in [0.29, 0.717) is 35.3 Å². The lowest BCUT2D eigenvalue weighted by atomic mass is 9.40. The molecule has 3 fully saturated rings. The summed E-state index contributed by atoms with van der Waals surface area (Å²) in [7, 11) is 0. The van der Waals surface area contributed by atoms with Gasteiger partial charge in [-0.05, 0) is 74.9 Å². The quantitative estimate of drug-likeness (QED) is 0.354. The summed E-state index contributed by atoms with van der Waals surface area (Å²) in [6.07, 6.45) is 9.26. The molecule has 4 aromatic rings. The van der Waals surface area contributed by atoms with Crippen LogP contribution >= 0.6 is 0 Å². The standard InChI is InChI=1S/C27H25N9O/c1-16-7-19(5-4-6-28)8-17(2)22(16)37-24-21-23(36(18(3)32-21)11-20-9-30-31-10-20)33-25(34-24)35-27-12-26(13-27,14-27)15-29/h4-5,7-10H,11-14H2,1-3H3,(H,30,31)(H,33,34,35)/b5-4+. The van der Waals surface area contributed by atoms with Crippen LogP contribution in [0.5, 0.6) is 11.6 Å². The van der Waals surface area contributed by atoms with Crippen LogP contribution in [-0.2, 0) is 6.54 Å². The van der Waals surface area contributed by atoms with E-state index in [1.807, 2.05) is 49.7 Å². The predicted molar refractivity (Wildman–Crippen MR) is 137 cm³/mol. The van der Waals surface area contributed by atoms with E-state index < -0.39 is 0 Å². The lowest BCUT2D eigenvalue weighted by Gasteiger charge is -2.66. The lowest BCUT2D eigenvalue weighted by molar-refractivity contribution is -0.0665. The third kappa shape index (κ3) is 3.78. The third-order valence-electron chi connectivity index (χ3n) is 7.33. The van der Waals surface area contributed by atoms with E-state index in [1.54, 1.807) is 12.3 Å². The van der Waals surface area contributed by atoms with Gasteiger partial charge in [0, 0.05) is 23.4 Å². The fourth-order valence-corrected chi connectivity index (χ4v) is 5.69. The normalized spacial score (nSPS) is 21.8. The number of hydrogen-bond acceptors (Lipinski definition) is 8. The molecule has 3 aliphatic carbocycles. The molecule has 7 rings (SSSR count). The topological polar surface area (TPSA) is 141 Å². The van der Waals surface area contributed by atoms with Crippen molar-refractivity contribution in [1.29, 1.82) is 10.5 Å². The minimum atomic E-state index is -0.188.